The van der Waals surface area contributed by atoms with Crippen LogP contribution >= 0.6 is 35.3 Å². The maximum Gasteiger partial charge on any atom is 0.240 e. The van der Waals surface area contributed by atoms with Crippen LogP contribution in [0, 0.1) is 9.77 Å². The number of halogens is 1. The van der Waals surface area contributed by atoms with E-state index in [1.807, 2.05) is 37.3 Å². The zero-order valence-electron chi connectivity index (χ0n) is 14.1. The minimum absolute atomic E-state index is 0.0179. The van der Waals surface area contributed by atoms with Gasteiger partial charge in [0.1, 0.15) is 5.82 Å². The lowest BCUT2D eigenvalue weighted by Gasteiger charge is -2.20. The largest absolute Gasteiger partial charge is 0.315 e. The minimum atomic E-state index is -0.317. The molecule has 0 bridgehead atoms. The molecule has 0 saturated carbocycles. The summed E-state index contributed by atoms with van der Waals surface area (Å²) in [6.45, 7) is 1.85. The van der Waals surface area contributed by atoms with E-state index in [0.717, 1.165) is 5.69 Å². The van der Waals surface area contributed by atoms with Gasteiger partial charge in [-0.25, -0.2) is 9.07 Å². The van der Waals surface area contributed by atoms with E-state index in [4.69, 9.17) is 12.2 Å². The average molecular weight is 406 g/mol. The Hall–Kier alpha value is -2.03. The summed E-state index contributed by atoms with van der Waals surface area (Å²) < 4.78 is 15.9. The van der Waals surface area contributed by atoms with Crippen LogP contribution < -0.4 is 4.90 Å². The number of amides is 1. The summed E-state index contributed by atoms with van der Waals surface area (Å²) in [7, 11) is 1.76. The summed E-state index contributed by atoms with van der Waals surface area (Å²) in [6, 6.07) is 15.5. The molecule has 134 valence electrons. The van der Waals surface area contributed by atoms with Crippen LogP contribution in [0.3, 0.4) is 0 Å². The number of rotatable bonds is 5. The molecule has 0 aliphatic heterocycles. The van der Waals surface area contributed by atoms with Crippen LogP contribution in [0.2, 0.25) is 0 Å². The van der Waals surface area contributed by atoms with Crippen LogP contribution in [-0.2, 0) is 4.79 Å². The first kappa shape index (κ1) is 18.8. The molecule has 1 atom stereocenters. The van der Waals surface area contributed by atoms with Crippen LogP contribution in [0.25, 0.3) is 5.69 Å². The van der Waals surface area contributed by atoms with Gasteiger partial charge in [-0.3, -0.25) is 4.79 Å². The summed E-state index contributed by atoms with van der Waals surface area (Å²) in [4.78, 5) is 14.3. The molecule has 0 radical (unpaired) electrons. The van der Waals surface area contributed by atoms with Crippen molar-refractivity contribution < 1.29 is 9.18 Å². The monoisotopic (exact) mass is 405 g/mol. The van der Waals surface area contributed by atoms with Crippen molar-refractivity contribution >= 4 is 46.9 Å². The van der Waals surface area contributed by atoms with E-state index >= 15 is 0 Å². The van der Waals surface area contributed by atoms with E-state index in [1.165, 1.54) is 35.2 Å². The molecule has 0 aliphatic rings. The molecule has 0 saturated heterocycles. The Morgan fingerprint density at radius 3 is 2.54 bits per heavy atom. The fraction of sp³-hybridized carbons (Fsp3) is 0.167. The van der Waals surface area contributed by atoms with Crippen molar-refractivity contribution in [3.8, 4) is 5.69 Å². The van der Waals surface area contributed by atoms with E-state index in [9.17, 15) is 9.18 Å². The Kier molecular flexibility index (Phi) is 5.85. The summed E-state index contributed by atoms with van der Waals surface area (Å²) in [5, 5.41) is 4.15. The van der Waals surface area contributed by atoms with Gasteiger partial charge < -0.3 is 4.90 Å². The molecule has 0 unspecified atom stereocenters. The Balaban J connectivity index is 1.74. The number of carbonyl (C=O) groups is 1. The van der Waals surface area contributed by atoms with Gasteiger partial charge in [0.25, 0.3) is 0 Å². The van der Waals surface area contributed by atoms with Gasteiger partial charge in [-0.15, -0.1) is 5.10 Å². The van der Waals surface area contributed by atoms with Gasteiger partial charge in [0.2, 0.25) is 5.91 Å². The van der Waals surface area contributed by atoms with Gasteiger partial charge >= 0.3 is 0 Å². The first-order chi connectivity index (χ1) is 12.5. The second kappa shape index (κ2) is 8.11. The number of anilines is 1. The number of thioether (sulfide) groups is 1. The van der Waals surface area contributed by atoms with Crippen molar-refractivity contribution in [3.05, 3.63) is 64.4 Å². The summed E-state index contributed by atoms with van der Waals surface area (Å²) >= 11 is 8.04. The van der Waals surface area contributed by atoms with Crippen molar-refractivity contribution in [2.75, 3.05) is 11.9 Å². The van der Waals surface area contributed by atoms with Crippen molar-refractivity contribution in [2.24, 2.45) is 0 Å². The number of aromatic nitrogens is 2. The Bertz CT molecular complexity index is 954. The lowest BCUT2D eigenvalue weighted by Crippen LogP contribution is -2.33. The Labute approximate surface area is 164 Å². The van der Waals surface area contributed by atoms with Crippen LogP contribution in [0.5, 0.6) is 0 Å². The molecule has 3 aromatic rings. The highest BCUT2D eigenvalue weighted by molar-refractivity contribution is 8.02. The number of nitrogens with zero attached hydrogens (tertiary/aromatic N) is 3. The van der Waals surface area contributed by atoms with E-state index in [0.29, 0.717) is 14.0 Å². The lowest BCUT2D eigenvalue weighted by molar-refractivity contribution is -0.117. The SMILES string of the molecule is C[C@@H](Sc1nn(-c2ccc(F)cc2)c(=S)s1)C(=O)N(C)c1ccccc1. The Morgan fingerprint density at radius 1 is 1.23 bits per heavy atom. The summed E-state index contributed by atoms with van der Waals surface area (Å²) in [5.41, 5.74) is 1.54. The van der Waals surface area contributed by atoms with Crippen LogP contribution in [0.1, 0.15) is 6.92 Å². The third-order valence-corrected chi connectivity index (χ3v) is 6.10. The molecule has 26 heavy (non-hydrogen) atoms. The van der Waals surface area contributed by atoms with Crippen LogP contribution in [0.15, 0.2) is 58.9 Å². The standard InChI is InChI=1S/C18H16FN3OS3/c1-12(16(23)21(2)14-6-4-3-5-7-14)25-17-20-22(18(24)26-17)15-10-8-13(19)9-11-15/h3-12H,1-2H3/t12-/m1/s1. The molecule has 0 spiro atoms. The number of hydrogen-bond acceptors (Lipinski definition) is 5. The molecule has 3 rings (SSSR count). The highest BCUT2D eigenvalue weighted by Gasteiger charge is 2.21. The predicted octanol–water partition coefficient (Wildman–Crippen LogP) is 4.95. The number of para-hydroxylation sites is 1. The van der Waals surface area contributed by atoms with E-state index < -0.39 is 0 Å². The quantitative estimate of drug-likeness (QED) is 0.445. The molecule has 1 amide bonds. The topological polar surface area (TPSA) is 38.1 Å². The van der Waals surface area contributed by atoms with Crippen LogP contribution in [-0.4, -0.2) is 28.0 Å². The molecule has 4 nitrogen and oxygen atoms in total. The van der Waals surface area contributed by atoms with E-state index in [-0.39, 0.29) is 17.0 Å². The number of hydrogen-bond donors (Lipinski definition) is 0. The lowest BCUT2D eigenvalue weighted by atomic mass is 10.3. The molecule has 8 heteroatoms. The zero-order valence-corrected chi connectivity index (χ0v) is 16.6. The van der Waals surface area contributed by atoms with Gasteiger partial charge in [0.15, 0.2) is 8.29 Å². The maximum absolute atomic E-state index is 13.1. The molecule has 1 aromatic heterocycles. The normalized spacial score (nSPS) is 12.0. The maximum atomic E-state index is 13.1. The third-order valence-electron chi connectivity index (χ3n) is 3.70. The Morgan fingerprint density at radius 2 is 1.88 bits per heavy atom. The summed E-state index contributed by atoms with van der Waals surface area (Å²) in [6.07, 6.45) is 0. The molecule has 0 fully saturated rings. The van der Waals surface area contributed by atoms with Crippen molar-refractivity contribution in [1.82, 2.24) is 9.78 Å². The zero-order chi connectivity index (χ0) is 18.7. The molecular weight excluding hydrogens is 389 g/mol. The van der Waals surface area contributed by atoms with E-state index in [1.54, 1.807) is 28.8 Å². The van der Waals surface area contributed by atoms with Gasteiger partial charge in [-0.2, -0.15) is 0 Å². The predicted molar refractivity (Wildman–Crippen MR) is 107 cm³/mol. The highest BCUT2D eigenvalue weighted by atomic mass is 32.2. The fourth-order valence-electron chi connectivity index (χ4n) is 2.31. The number of benzene rings is 2. The molecular formula is C18H16FN3OS3. The van der Waals surface area contributed by atoms with E-state index in [2.05, 4.69) is 5.10 Å². The molecule has 1 heterocycles. The van der Waals surface area contributed by atoms with Gasteiger partial charge in [-0.05, 0) is 55.5 Å². The first-order valence-electron chi connectivity index (χ1n) is 7.81. The molecule has 2 aromatic carbocycles. The van der Waals surface area contributed by atoms with Gasteiger partial charge in [-0.1, -0.05) is 41.3 Å². The second-order valence-electron chi connectivity index (χ2n) is 5.51. The van der Waals surface area contributed by atoms with Crippen molar-refractivity contribution in [3.63, 3.8) is 0 Å². The average Bonchev–Trinajstić information content (AvgIpc) is 3.02. The highest BCUT2D eigenvalue weighted by Crippen LogP contribution is 2.29. The summed E-state index contributed by atoms with van der Waals surface area (Å²) in [5.74, 6) is -0.330. The molecule has 0 aliphatic carbocycles. The minimum Gasteiger partial charge on any atom is -0.315 e. The van der Waals surface area contributed by atoms with Crippen LogP contribution in [0.4, 0.5) is 10.1 Å². The second-order valence-corrected chi connectivity index (χ2v) is 8.73. The number of carbonyl (C=O) groups excluding carboxylic acids is 1. The smallest absolute Gasteiger partial charge is 0.240 e. The van der Waals surface area contributed by atoms with Gasteiger partial charge in [0.05, 0.1) is 10.9 Å². The van der Waals surface area contributed by atoms with Crippen molar-refractivity contribution in [2.45, 2.75) is 16.5 Å². The first-order valence-corrected chi connectivity index (χ1v) is 9.91. The third kappa shape index (κ3) is 4.20. The van der Waals surface area contributed by atoms with Crippen molar-refractivity contribution in [1.29, 1.82) is 0 Å². The van der Waals surface area contributed by atoms with Gasteiger partial charge in [0, 0.05) is 12.7 Å². The fourth-order valence-corrected chi connectivity index (χ4v) is 4.91. The molecule has 0 N–H and O–H groups in total.